The van der Waals surface area contributed by atoms with Crippen LogP contribution >= 0.6 is 0 Å². The maximum Gasteiger partial charge on any atom is 0.254 e. The lowest BCUT2D eigenvalue weighted by atomic mass is 10.1. The third kappa shape index (κ3) is 3.35. The fraction of sp³-hybridized carbons (Fsp3) is 0.529. The van der Waals surface area contributed by atoms with Gasteiger partial charge >= 0.3 is 0 Å². The summed E-state index contributed by atoms with van der Waals surface area (Å²) < 4.78 is 26.2. The van der Waals surface area contributed by atoms with Crippen LogP contribution in [0.4, 0.5) is 8.78 Å². The number of carbonyl (C=O) groups excluding carboxylic acids is 2. The van der Waals surface area contributed by atoms with Crippen molar-refractivity contribution in [3.63, 3.8) is 0 Å². The molecule has 0 aromatic heterocycles. The molecule has 0 unspecified atom stereocenters. The van der Waals surface area contributed by atoms with Crippen LogP contribution in [0.15, 0.2) is 18.2 Å². The predicted octanol–water partition coefficient (Wildman–Crippen LogP) is 2.44. The highest BCUT2D eigenvalue weighted by Gasteiger charge is 2.30. The standard InChI is InChI=1S/C17H20F2N2O2/c18-14-6-5-13(11-15(14)19)17(23)21-9-7-20(8-10-21)16(22)12-3-1-2-4-12/h5-6,11-12H,1-4,7-10H2. The second-order valence-electron chi connectivity index (χ2n) is 6.23. The summed E-state index contributed by atoms with van der Waals surface area (Å²) in [5.74, 6) is -1.97. The zero-order valence-corrected chi connectivity index (χ0v) is 12.9. The molecular weight excluding hydrogens is 302 g/mol. The molecule has 0 atom stereocenters. The summed E-state index contributed by atoms with van der Waals surface area (Å²) in [6.45, 7) is 1.86. The maximum atomic E-state index is 13.2. The fourth-order valence-corrected chi connectivity index (χ4v) is 3.37. The molecule has 4 nitrogen and oxygen atoms in total. The number of carbonyl (C=O) groups is 2. The van der Waals surface area contributed by atoms with Gasteiger partial charge in [-0.05, 0) is 31.0 Å². The van der Waals surface area contributed by atoms with Gasteiger partial charge in [-0.15, -0.1) is 0 Å². The molecule has 0 radical (unpaired) electrons. The Labute approximate surface area is 134 Å². The van der Waals surface area contributed by atoms with Gasteiger partial charge in [0, 0.05) is 37.7 Å². The number of halogens is 2. The molecule has 1 aromatic rings. The van der Waals surface area contributed by atoms with Crippen molar-refractivity contribution in [3.05, 3.63) is 35.4 Å². The number of hydrogen-bond donors (Lipinski definition) is 0. The number of amides is 2. The van der Waals surface area contributed by atoms with Gasteiger partial charge in [-0.2, -0.15) is 0 Å². The second-order valence-corrected chi connectivity index (χ2v) is 6.23. The van der Waals surface area contributed by atoms with E-state index in [1.807, 2.05) is 4.90 Å². The van der Waals surface area contributed by atoms with Crippen molar-refractivity contribution >= 4 is 11.8 Å². The van der Waals surface area contributed by atoms with E-state index in [1.54, 1.807) is 4.90 Å². The fourth-order valence-electron chi connectivity index (χ4n) is 3.37. The van der Waals surface area contributed by atoms with Gasteiger partial charge in [-0.3, -0.25) is 9.59 Å². The van der Waals surface area contributed by atoms with Gasteiger partial charge in [0.1, 0.15) is 0 Å². The monoisotopic (exact) mass is 322 g/mol. The first kappa shape index (κ1) is 15.9. The van der Waals surface area contributed by atoms with Crippen LogP contribution in [-0.4, -0.2) is 47.8 Å². The predicted molar refractivity (Wildman–Crippen MR) is 80.8 cm³/mol. The smallest absolute Gasteiger partial charge is 0.254 e. The van der Waals surface area contributed by atoms with Gasteiger partial charge in [0.2, 0.25) is 5.91 Å². The molecule has 0 spiro atoms. The Kier molecular flexibility index (Phi) is 4.59. The summed E-state index contributed by atoms with van der Waals surface area (Å²) in [7, 11) is 0. The van der Waals surface area contributed by atoms with E-state index < -0.39 is 11.6 Å². The van der Waals surface area contributed by atoms with E-state index >= 15 is 0 Å². The van der Waals surface area contributed by atoms with Crippen LogP contribution in [-0.2, 0) is 4.79 Å². The molecule has 124 valence electrons. The molecule has 0 N–H and O–H groups in total. The van der Waals surface area contributed by atoms with Gasteiger partial charge in [-0.1, -0.05) is 12.8 Å². The molecule has 1 aliphatic carbocycles. The molecule has 1 saturated heterocycles. The van der Waals surface area contributed by atoms with E-state index in [4.69, 9.17) is 0 Å². The van der Waals surface area contributed by atoms with E-state index in [9.17, 15) is 18.4 Å². The molecular formula is C17H20F2N2O2. The van der Waals surface area contributed by atoms with Crippen molar-refractivity contribution < 1.29 is 18.4 Å². The molecule has 1 saturated carbocycles. The van der Waals surface area contributed by atoms with Crippen LogP contribution in [0.2, 0.25) is 0 Å². The Morgan fingerprint density at radius 1 is 0.913 bits per heavy atom. The first-order valence-electron chi connectivity index (χ1n) is 8.09. The van der Waals surface area contributed by atoms with Crippen LogP contribution in [0.3, 0.4) is 0 Å². The van der Waals surface area contributed by atoms with E-state index in [-0.39, 0.29) is 23.3 Å². The zero-order valence-electron chi connectivity index (χ0n) is 12.9. The van der Waals surface area contributed by atoms with Gasteiger partial charge in [0.25, 0.3) is 5.91 Å². The SMILES string of the molecule is O=C(c1ccc(F)c(F)c1)N1CCN(C(=O)C2CCCC2)CC1. The Bertz CT molecular complexity index is 607. The van der Waals surface area contributed by atoms with Crippen molar-refractivity contribution in [3.8, 4) is 0 Å². The van der Waals surface area contributed by atoms with E-state index in [2.05, 4.69) is 0 Å². The highest BCUT2D eigenvalue weighted by molar-refractivity contribution is 5.94. The number of piperazine rings is 1. The highest BCUT2D eigenvalue weighted by atomic mass is 19.2. The molecule has 6 heteroatoms. The number of benzene rings is 1. The summed E-state index contributed by atoms with van der Waals surface area (Å²) in [6.07, 6.45) is 4.16. The third-order valence-corrected chi connectivity index (χ3v) is 4.75. The summed E-state index contributed by atoms with van der Waals surface area (Å²) in [5, 5.41) is 0. The number of hydrogen-bond acceptors (Lipinski definition) is 2. The van der Waals surface area contributed by atoms with Crippen LogP contribution in [0.5, 0.6) is 0 Å². The van der Waals surface area contributed by atoms with Gasteiger partial charge < -0.3 is 9.80 Å². The van der Waals surface area contributed by atoms with Crippen molar-refractivity contribution in [1.29, 1.82) is 0 Å². The Morgan fingerprint density at radius 3 is 2.13 bits per heavy atom. The van der Waals surface area contributed by atoms with E-state index in [0.717, 1.165) is 37.8 Å². The summed E-state index contributed by atoms with van der Waals surface area (Å²) in [4.78, 5) is 28.1. The maximum absolute atomic E-state index is 13.2. The molecule has 2 amide bonds. The quantitative estimate of drug-likeness (QED) is 0.839. The molecule has 3 rings (SSSR count). The lowest BCUT2D eigenvalue weighted by Gasteiger charge is -2.36. The zero-order chi connectivity index (χ0) is 16.4. The van der Waals surface area contributed by atoms with Crippen molar-refractivity contribution in [2.45, 2.75) is 25.7 Å². The average Bonchev–Trinajstić information content (AvgIpc) is 3.11. The van der Waals surface area contributed by atoms with Crippen molar-refractivity contribution in [2.75, 3.05) is 26.2 Å². The first-order valence-corrected chi connectivity index (χ1v) is 8.09. The Morgan fingerprint density at radius 2 is 1.52 bits per heavy atom. The molecule has 2 aliphatic rings. The normalized spacial score (nSPS) is 19.2. The second kappa shape index (κ2) is 6.64. The van der Waals surface area contributed by atoms with Gasteiger partial charge in [0.15, 0.2) is 11.6 Å². The molecule has 1 aliphatic heterocycles. The number of nitrogens with zero attached hydrogens (tertiary/aromatic N) is 2. The van der Waals surface area contributed by atoms with E-state index in [0.29, 0.717) is 26.2 Å². The molecule has 1 aromatic carbocycles. The summed E-state index contributed by atoms with van der Waals surface area (Å²) >= 11 is 0. The molecule has 2 fully saturated rings. The summed E-state index contributed by atoms with van der Waals surface area (Å²) in [6, 6.07) is 3.17. The lowest BCUT2D eigenvalue weighted by Crippen LogP contribution is -2.51. The Hall–Kier alpha value is -1.98. The average molecular weight is 322 g/mol. The van der Waals surface area contributed by atoms with Crippen LogP contribution in [0, 0.1) is 17.6 Å². The largest absolute Gasteiger partial charge is 0.339 e. The van der Waals surface area contributed by atoms with Crippen molar-refractivity contribution in [2.24, 2.45) is 5.92 Å². The van der Waals surface area contributed by atoms with Gasteiger partial charge in [0.05, 0.1) is 0 Å². The molecule has 1 heterocycles. The number of rotatable bonds is 2. The lowest BCUT2D eigenvalue weighted by molar-refractivity contribution is -0.136. The third-order valence-electron chi connectivity index (χ3n) is 4.75. The van der Waals surface area contributed by atoms with Crippen molar-refractivity contribution in [1.82, 2.24) is 9.80 Å². The van der Waals surface area contributed by atoms with Crippen LogP contribution < -0.4 is 0 Å². The minimum atomic E-state index is -1.02. The van der Waals surface area contributed by atoms with Crippen LogP contribution in [0.25, 0.3) is 0 Å². The first-order chi connectivity index (χ1) is 11.1. The van der Waals surface area contributed by atoms with E-state index in [1.165, 1.54) is 6.07 Å². The molecule has 0 bridgehead atoms. The topological polar surface area (TPSA) is 40.6 Å². The van der Waals surface area contributed by atoms with Crippen LogP contribution in [0.1, 0.15) is 36.0 Å². The van der Waals surface area contributed by atoms with Gasteiger partial charge in [-0.25, -0.2) is 8.78 Å². The minimum absolute atomic E-state index is 0.138. The summed E-state index contributed by atoms with van der Waals surface area (Å²) in [5.41, 5.74) is 0.138. The molecule has 23 heavy (non-hydrogen) atoms. The Balaban J connectivity index is 1.58. The highest BCUT2D eigenvalue weighted by Crippen LogP contribution is 2.27. The minimum Gasteiger partial charge on any atom is -0.339 e.